The molecule has 0 unspecified atom stereocenters. The summed E-state index contributed by atoms with van der Waals surface area (Å²) < 4.78 is 13.0. The number of nitrogens with zero attached hydrogens (tertiary/aromatic N) is 2. The lowest BCUT2D eigenvalue weighted by Gasteiger charge is -2.19. The van der Waals surface area contributed by atoms with E-state index >= 15 is 0 Å². The van der Waals surface area contributed by atoms with Gasteiger partial charge in [0.1, 0.15) is 5.82 Å². The Labute approximate surface area is 106 Å². The van der Waals surface area contributed by atoms with Gasteiger partial charge in [-0.15, -0.1) is 0 Å². The van der Waals surface area contributed by atoms with Crippen LogP contribution in [0.2, 0.25) is 0 Å². The highest BCUT2D eigenvalue weighted by atomic mass is 19.1. The number of hydrogen-bond acceptors (Lipinski definition) is 3. The van der Waals surface area contributed by atoms with Crippen LogP contribution in [0.25, 0.3) is 0 Å². The number of anilines is 1. The third-order valence-corrected chi connectivity index (χ3v) is 2.77. The summed E-state index contributed by atoms with van der Waals surface area (Å²) in [5.41, 5.74) is 8.59. The Hall–Kier alpha value is -1.94. The fourth-order valence-electron chi connectivity index (χ4n) is 1.83. The lowest BCUT2D eigenvalue weighted by Crippen LogP contribution is -2.17. The van der Waals surface area contributed by atoms with Crippen LogP contribution in [0.3, 0.4) is 0 Å². The van der Waals surface area contributed by atoms with E-state index in [0.29, 0.717) is 13.1 Å². The first kappa shape index (κ1) is 12.5. The van der Waals surface area contributed by atoms with Crippen molar-refractivity contribution in [3.63, 3.8) is 0 Å². The molecular weight excluding hydrogens is 229 g/mol. The van der Waals surface area contributed by atoms with Crippen LogP contribution in [0, 0.1) is 5.82 Å². The largest absolute Gasteiger partial charge is 0.370 e. The van der Waals surface area contributed by atoms with Crippen molar-refractivity contribution in [1.82, 2.24) is 4.98 Å². The predicted octanol–water partition coefficient (Wildman–Crippen LogP) is 2.32. The van der Waals surface area contributed by atoms with Gasteiger partial charge in [-0.2, -0.15) is 0 Å². The Morgan fingerprint density at radius 2 is 2.06 bits per heavy atom. The lowest BCUT2D eigenvalue weighted by atomic mass is 10.2. The van der Waals surface area contributed by atoms with Gasteiger partial charge in [-0.3, -0.25) is 4.98 Å². The van der Waals surface area contributed by atoms with Crippen LogP contribution in [0.5, 0.6) is 0 Å². The average molecular weight is 245 g/mol. The molecule has 2 aromatic rings. The molecule has 4 heteroatoms. The first-order valence-corrected chi connectivity index (χ1v) is 5.78. The molecule has 1 heterocycles. The van der Waals surface area contributed by atoms with E-state index < -0.39 is 0 Å². The van der Waals surface area contributed by atoms with Crippen molar-refractivity contribution in [3.05, 3.63) is 59.7 Å². The van der Waals surface area contributed by atoms with Crippen LogP contribution in [-0.4, -0.2) is 12.0 Å². The summed E-state index contributed by atoms with van der Waals surface area (Å²) in [4.78, 5) is 5.88. The third kappa shape index (κ3) is 3.05. The van der Waals surface area contributed by atoms with E-state index in [1.807, 2.05) is 36.2 Å². The zero-order valence-electron chi connectivity index (χ0n) is 10.3. The topological polar surface area (TPSA) is 42.2 Å². The number of hydrogen-bond donors (Lipinski definition) is 1. The zero-order valence-corrected chi connectivity index (χ0v) is 10.3. The van der Waals surface area contributed by atoms with Gasteiger partial charge in [0.15, 0.2) is 0 Å². The minimum Gasteiger partial charge on any atom is -0.370 e. The fourth-order valence-corrected chi connectivity index (χ4v) is 1.83. The lowest BCUT2D eigenvalue weighted by molar-refractivity contribution is 0.618. The molecule has 18 heavy (non-hydrogen) atoms. The monoisotopic (exact) mass is 245 g/mol. The highest BCUT2D eigenvalue weighted by molar-refractivity contribution is 5.48. The maximum Gasteiger partial charge on any atom is 0.141 e. The van der Waals surface area contributed by atoms with Crippen LogP contribution >= 0.6 is 0 Å². The molecule has 2 N–H and O–H groups in total. The van der Waals surface area contributed by atoms with E-state index in [1.54, 1.807) is 6.20 Å². The molecule has 0 atom stereocenters. The Balaban J connectivity index is 2.13. The Morgan fingerprint density at radius 3 is 2.78 bits per heavy atom. The van der Waals surface area contributed by atoms with E-state index in [2.05, 4.69) is 4.98 Å². The molecule has 0 bridgehead atoms. The Bertz CT molecular complexity index is 528. The molecular formula is C14H16FN3. The van der Waals surface area contributed by atoms with Crippen LogP contribution < -0.4 is 10.6 Å². The summed E-state index contributed by atoms with van der Waals surface area (Å²) in [6, 6.07) is 9.49. The summed E-state index contributed by atoms with van der Waals surface area (Å²) in [6.45, 7) is 1.13. The summed E-state index contributed by atoms with van der Waals surface area (Å²) in [7, 11) is 1.96. The van der Waals surface area contributed by atoms with E-state index in [9.17, 15) is 4.39 Å². The summed E-state index contributed by atoms with van der Waals surface area (Å²) in [5, 5.41) is 0. The molecule has 0 amide bonds. The van der Waals surface area contributed by atoms with Crippen molar-refractivity contribution >= 4 is 5.69 Å². The number of rotatable bonds is 4. The van der Waals surface area contributed by atoms with Crippen LogP contribution in [-0.2, 0) is 13.1 Å². The second kappa shape index (κ2) is 5.60. The highest BCUT2D eigenvalue weighted by Crippen LogP contribution is 2.17. The van der Waals surface area contributed by atoms with Gasteiger partial charge in [-0.25, -0.2) is 4.39 Å². The molecule has 0 fully saturated rings. The Kier molecular flexibility index (Phi) is 3.89. The van der Waals surface area contributed by atoms with Gasteiger partial charge in [0.2, 0.25) is 0 Å². The van der Waals surface area contributed by atoms with Crippen molar-refractivity contribution in [2.24, 2.45) is 5.73 Å². The number of nitrogens with two attached hydrogens (primary N) is 1. The molecule has 94 valence electrons. The molecule has 2 rings (SSSR count). The summed E-state index contributed by atoms with van der Waals surface area (Å²) >= 11 is 0. The predicted molar refractivity (Wildman–Crippen MR) is 70.6 cm³/mol. The maximum absolute atomic E-state index is 13.0. The average Bonchev–Trinajstić information content (AvgIpc) is 2.39. The SMILES string of the molecule is CN(Cc1cncc(F)c1)c1cccc(CN)c1. The third-order valence-electron chi connectivity index (χ3n) is 2.77. The van der Waals surface area contributed by atoms with Gasteiger partial charge < -0.3 is 10.6 Å². The number of halogens is 1. The van der Waals surface area contributed by atoms with Gasteiger partial charge in [-0.1, -0.05) is 12.1 Å². The maximum atomic E-state index is 13.0. The molecule has 0 aliphatic heterocycles. The van der Waals surface area contributed by atoms with E-state index in [0.717, 1.165) is 16.8 Å². The van der Waals surface area contributed by atoms with Crippen LogP contribution in [0.15, 0.2) is 42.7 Å². The molecule has 0 radical (unpaired) electrons. The number of benzene rings is 1. The van der Waals surface area contributed by atoms with Gasteiger partial charge in [0, 0.05) is 32.0 Å². The quantitative estimate of drug-likeness (QED) is 0.898. The van der Waals surface area contributed by atoms with Crippen molar-refractivity contribution in [3.8, 4) is 0 Å². The molecule has 0 aliphatic carbocycles. The molecule has 1 aromatic heterocycles. The first-order chi connectivity index (χ1) is 8.69. The van der Waals surface area contributed by atoms with Crippen LogP contribution in [0.1, 0.15) is 11.1 Å². The molecule has 0 spiro atoms. The highest BCUT2D eigenvalue weighted by Gasteiger charge is 2.04. The van der Waals surface area contributed by atoms with Crippen LogP contribution in [0.4, 0.5) is 10.1 Å². The zero-order chi connectivity index (χ0) is 13.0. The molecule has 0 saturated heterocycles. The normalized spacial score (nSPS) is 10.4. The summed E-state index contributed by atoms with van der Waals surface area (Å²) in [6.07, 6.45) is 2.88. The van der Waals surface area contributed by atoms with E-state index in [4.69, 9.17) is 5.73 Å². The van der Waals surface area contributed by atoms with Crippen molar-refractivity contribution in [2.75, 3.05) is 11.9 Å². The van der Waals surface area contributed by atoms with Crippen molar-refractivity contribution in [2.45, 2.75) is 13.1 Å². The molecule has 0 saturated carbocycles. The summed E-state index contributed by atoms with van der Waals surface area (Å²) in [5.74, 6) is -0.309. The molecule has 3 nitrogen and oxygen atoms in total. The van der Waals surface area contributed by atoms with Gasteiger partial charge in [-0.05, 0) is 29.3 Å². The Morgan fingerprint density at radius 1 is 1.22 bits per heavy atom. The minimum atomic E-state index is -0.309. The van der Waals surface area contributed by atoms with E-state index in [1.165, 1.54) is 12.3 Å². The second-order valence-electron chi connectivity index (χ2n) is 4.24. The van der Waals surface area contributed by atoms with Gasteiger partial charge >= 0.3 is 0 Å². The van der Waals surface area contributed by atoms with Crippen molar-refractivity contribution < 1.29 is 4.39 Å². The fraction of sp³-hybridized carbons (Fsp3) is 0.214. The van der Waals surface area contributed by atoms with Gasteiger partial charge in [0.25, 0.3) is 0 Å². The smallest absolute Gasteiger partial charge is 0.141 e. The number of pyridine rings is 1. The van der Waals surface area contributed by atoms with Gasteiger partial charge in [0.05, 0.1) is 6.20 Å². The standard InChI is InChI=1S/C14H16FN3/c1-18(10-12-5-13(15)9-17-8-12)14-4-2-3-11(6-14)7-16/h2-6,8-9H,7,10,16H2,1H3. The van der Waals surface area contributed by atoms with E-state index in [-0.39, 0.29) is 5.82 Å². The van der Waals surface area contributed by atoms with Crippen molar-refractivity contribution in [1.29, 1.82) is 0 Å². The molecule has 1 aromatic carbocycles. The second-order valence-corrected chi connectivity index (χ2v) is 4.24. The number of aromatic nitrogens is 1. The first-order valence-electron chi connectivity index (χ1n) is 5.78. The molecule has 0 aliphatic rings. The minimum absolute atomic E-state index is 0.309.